The number of aryl methyl sites for hydroxylation is 2. The molecule has 0 atom stereocenters. The van der Waals surface area contributed by atoms with Gasteiger partial charge in [-0.1, -0.05) is 18.2 Å². The molecule has 0 aliphatic rings. The second kappa shape index (κ2) is 9.12. The molecular formula is C20H27N3O3S. The molecule has 2 N–H and O–H groups in total. The molecular weight excluding hydrogens is 362 g/mol. The molecule has 0 saturated carbocycles. The highest BCUT2D eigenvalue weighted by atomic mass is 32.2. The largest absolute Gasteiger partial charge is 0.326 e. The number of hydrogen-bond acceptors (Lipinski definition) is 4. The van der Waals surface area contributed by atoms with Crippen LogP contribution < -0.4 is 10.0 Å². The van der Waals surface area contributed by atoms with E-state index in [4.69, 9.17) is 0 Å². The Morgan fingerprint density at radius 2 is 1.78 bits per heavy atom. The Balaban J connectivity index is 1.89. The molecule has 146 valence electrons. The molecule has 2 rings (SSSR count). The minimum Gasteiger partial charge on any atom is -0.326 e. The zero-order chi connectivity index (χ0) is 20.0. The number of rotatable bonds is 8. The Morgan fingerprint density at radius 1 is 1.04 bits per heavy atom. The van der Waals surface area contributed by atoms with Crippen LogP contribution in [0, 0.1) is 13.8 Å². The van der Waals surface area contributed by atoms with Gasteiger partial charge >= 0.3 is 0 Å². The quantitative estimate of drug-likeness (QED) is 0.728. The summed E-state index contributed by atoms with van der Waals surface area (Å²) >= 11 is 0. The van der Waals surface area contributed by atoms with Crippen LogP contribution in [0.4, 0.5) is 5.69 Å². The first kappa shape index (κ1) is 21.1. The Hall–Kier alpha value is -2.22. The maximum Gasteiger partial charge on any atom is 0.240 e. The van der Waals surface area contributed by atoms with Gasteiger partial charge in [-0.15, -0.1) is 0 Å². The summed E-state index contributed by atoms with van der Waals surface area (Å²) in [5.41, 5.74) is 3.74. The average molecular weight is 390 g/mol. The Kier molecular flexibility index (Phi) is 7.12. The molecule has 0 aliphatic heterocycles. The van der Waals surface area contributed by atoms with Crippen LogP contribution in [-0.4, -0.2) is 39.9 Å². The van der Waals surface area contributed by atoms with E-state index in [1.54, 1.807) is 18.2 Å². The molecule has 0 heterocycles. The van der Waals surface area contributed by atoms with E-state index < -0.39 is 10.0 Å². The second-order valence-electron chi connectivity index (χ2n) is 6.88. The summed E-state index contributed by atoms with van der Waals surface area (Å²) in [6.45, 7) is 4.61. The van der Waals surface area contributed by atoms with Crippen molar-refractivity contribution in [2.45, 2.75) is 31.7 Å². The molecule has 0 spiro atoms. The molecule has 0 fully saturated rings. The Labute approximate surface area is 161 Å². The van der Waals surface area contributed by atoms with Gasteiger partial charge in [-0.3, -0.25) is 4.79 Å². The molecule has 0 radical (unpaired) electrons. The summed E-state index contributed by atoms with van der Waals surface area (Å²) in [6, 6.07) is 12.6. The van der Waals surface area contributed by atoms with Crippen molar-refractivity contribution in [1.29, 1.82) is 0 Å². The SMILES string of the molecule is Cc1ccc(S(=O)(=O)NCCC(=O)Nc2cccc(CN(C)C)c2)cc1C. The maximum absolute atomic E-state index is 12.3. The van der Waals surface area contributed by atoms with Crippen molar-refractivity contribution >= 4 is 21.6 Å². The summed E-state index contributed by atoms with van der Waals surface area (Å²) in [6.07, 6.45) is 0.0575. The summed E-state index contributed by atoms with van der Waals surface area (Å²) in [4.78, 5) is 14.4. The van der Waals surface area contributed by atoms with Crippen molar-refractivity contribution in [2.75, 3.05) is 26.0 Å². The maximum atomic E-state index is 12.3. The van der Waals surface area contributed by atoms with Crippen molar-refractivity contribution in [1.82, 2.24) is 9.62 Å². The monoisotopic (exact) mass is 389 g/mol. The smallest absolute Gasteiger partial charge is 0.240 e. The van der Waals surface area contributed by atoms with Gasteiger partial charge in [0.15, 0.2) is 0 Å². The summed E-state index contributed by atoms with van der Waals surface area (Å²) < 4.78 is 27.2. The van der Waals surface area contributed by atoms with Crippen molar-refractivity contribution in [2.24, 2.45) is 0 Å². The molecule has 27 heavy (non-hydrogen) atoms. The van der Waals surface area contributed by atoms with Crippen LogP contribution in [0.2, 0.25) is 0 Å². The van der Waals surface area contributed by atoms with E-state index in [1.807, 2.05) is 57.1 Å². The highest BCUT2D eigenvalue weighted by Crippen LogP contribution is 2.15. The predicted octanol–water partition coefficient (Wildman–Crippen LogP) is 2.67. The van der Waals surface area contributed by atoms with Crippen LogP contribution in [0.15, 0.2) is 47.4 Å². The minimum atomic E-state index is -3.62. The third kappa shape index (κ3) is 6.46. The fraction of sp³-hybridized carbons (Fsp3) is 0.350. The van der Waals surface area contributed by atoms with Gasteiger partial charge in [0.1, 0.15) is 0 Å². The molecule has 0 aliphatic carbocycles. The molecule has 6 nitrogen and oxygen atoms in total. The minimum absolute atomic E-state index is 0.0402. The zero-order valence-electron chi connectivity index (χ0n) is 16.2. The van der Waals surface area contributed by atoms with E-state index in [1.165, 1.54) is 0 Å². The highest BCUT2D eigenvalue weighted by molar-refractivity contribution is 7.89. The summed E-state index contributed by atoms with van der Waals surface area (Å²) in [5.74, 6) is -0.236. The number of benzene rings is 2. The molecule has 0 unspecified atom stereocenters. The number of nitrogens with one attached hydrogen (secondary N) is 2. The van der Waals surface area contributed by atoms with E-state index in [2.05, 4.69) is 10.0 Å². The van der Waals surface area contributed by atoms with Crippen LogP contribution in [-0.2, 0) is 21.4 Å². The van der Waals surface area contributed by atoms with Gasteiger partial charge in [0.25, 0.3) is 0 Å². The average Bonchev–Trinajstić information content (AvgIpc) is 2.56. The molecule has 0 aromatic heterocycles. The predicted molar refractivity (Wildman–Crippen MR) is 108 cm³/mol. The van der Waals surface area contributed by atoms with E-state index in [0.717, 1.165) is 23.2 Å². The highest BCUT2D eigenvalue weighted by Gasteiger charge is 2.15. The van der Waals surface area contributed by atoms with Gasteiger partial charge in [0, 0.05) is 25.2 Å². The van der Waals surface area contributed by atoms with Crippen molar-refractivity contribution in [3.8, 4) is 0 Å². The number of amides is 1. The first-order chi connectivity index (χ1) is 12.7. The molecule has 0 saturated heterocycles. The third-order valence-corrected chi connectivity index (χ3v) is 5.60. The fourth-order valence-corrected chi connectivity index (χ4v) is 3.72. The lowest BCUT2D eigenvalue weighted by atomic mass is 10.1. The number of hydrogen-bond donors (Lipinski definition) is 2. The third-order valence-electron chi connectivity index (χ3n) is 4.14. The number of sulfonamides is 1. The van der Waals surface area contributed by atoms with Gasteiger partial charge in [-0.2, -0.15) is 0 Å². The summed E-state index contributed by atoms with van der Waals surface area (Å²) in [5, 5.41) is 2.81. The molecule has 0 bridgehead atoms. The van der Waals surface area contributed by atoms with E-state index in [9.17, 15) is 13.2 Å². The van der Waals surface area contributed by atoms with Crippen molar-refractivity contribution in [3.63, 3.8) is 0 Å². The Bertz CT molecular complexity index is 908. The molecule has 1 amide bonds. The van der Waals surface area contributed by atoms with E-state index in [-0.39, 0.29) is 23.8 Å². The number of carbonyl (C=O) groups is 1. The first-order valence-electron chi connectivity index (χ1n) is 8.78. The fourth-order valence-electron chi connectivity index (χ4n) is 2.60. The normalized spacial score (nSPS) is 11.6. The van der Waals surface area contributed by atoms with Crippen LogP contribution in [0.1, 0.15) is 23.1 Å². The Morgan fingerprint density at radius 3 is 2.44 bits per heavy atom. The van der Waals surface area contributed by atoms with Crippen LogP contribution in [0.3, 0.4) is 0 Å². The molecule has 2 aromatic carbocycles. The number of anilines is 1. The molecule has 7 heteroatoms. The van der Waals surface area contributed by atoms with Crippen LogP contribution in [0.5, 0.6) is 0 Å². The number of carbonyl (C=O) groups excluding carboxylic acids is 1. The lowest BCUT2D eigenvalue weighted by Crippen LogP contribution is -2.28. The van der Waals surface area contributed by atoms with Gasteiger partial charge in [0.2, 0.25) is 15.9 Å². The van der Waals surface area contributed by atoms with Gasteiger partial charge in [-0.25, -0.2) is 13.1 Å². The second-order valence-corrected chi connectivity index (χ2v) is 8.65. The van der Waals surface area contributed by atoms with E-state index in [0.29, 0.717) is 5.69 Å². The van der Waals surface area contributed by atoms with Crippen LogP contribution in [0.25, 0.3) is 0 Å². The summed E-state index contributed by atoms with van der Waals surface area (Å²) in [7, 11) is 0.334. The lowest BCUT2D eigenvalue weighted by Gasteiger charge is -2.12. The van der Waals surface area contributed by atoms with Crippen LogP contribution >= 0.6 is 0 Å². The topological polar surface area (TPSA) is 78.5 Å². The van der Waals surface area contributed by atoms with Gasteiger partial charge in [-0.05, 0) is 68.9 Å². The molecule has 2 aromatic rings. The van der Waals surface area contributed by atoms with Gasteiger partial charge < -0.3 is 10.2 Å². The standard InChI is InChI=1S/C20H27N3O3S/c1-15-8-9-19(12-16(15)2)27(25,26)21-11-10-20(24)22-18-7-5-6-17(13-18)14-23(3)4/h5-9,12-13,21H,10-11,14H2,1-4H3,(H,22,24). The van der Waals surface area contributed by atoms with E-state index >= 15 is 0 Å². The first-order valence-corrected chi connectivity index (χ1v) is 10.3. The van der Waals surface area contributed by atoms with Crippen molar-refractivity contribution in [3.05, 3.63) is 59.2 Å². The van der Waals surface area contributed by atoms with Gasteiger partial charge in [0.05, 0.1) is 4.90 Å². The lowest BCUT2D eigenvalue weighted by molar-refractivity contribution is -0.116. The zero-order valence-corrected chi connectivity index (χ0v) is 17.1. The number of nitrogens with zero attached hydrogens (tertiary/aromatic N) is 1. The van der Waals surface area contributed by atoms with Crippen molar-refractivity contribution < 1.29 is 13.2 Å².